The normalized spacial score (nSPS) is 31.6. The van der Waals surface area contributed by atoms with E-state index in [1.165, 1.54) is 25.7 Å². The van der Waals surface area contributed by atoms with Gasteiger partial charge in [0.15, 0.2) is 0 Å². The molecule has 2 aliphatic rings. The molecule has 2 bridgehead atoms. The second-order valence-electron chi connectivity index (χ2n) is 6.00. The zero-order valence-electron chi connectivity index (χ0n) is 11.1. The first-order valence-electron chi connectivity index (χ1n) is 6.93. The van der Waals surface area contributed by atoms with Gasteiger partial charge >= 0.3 is 0 Å². The smallest absolute Gasteiger partial charge is 0.254 e. The minimum Gasteiger partial charge on any atom is -0.349 e. The summed E-state index contributed by atoms with van der Waals surface area (Å²) < 4.78 is 1.66. The molecular weight excluding hydrogens is 226 g/mol. The Bertz CT molecular complexity index is 454. The Kier molecular flexibility index (Phi) is 2.88. The lowest BCUT2D eigenvalue weighted by Gasteiger charge is -2.28. The molecule has 2 aliphatic carbocycles. The molecule has 1 aromatic heterocycles. The van der Waals surface area contributed by atoms with Gasteiger partial charge in [-0.3, -0.25) is 9.48 Å². The zero-order valence-corrected chi connectivity index (χ0v) is 11.1. The lowest BCUT2D eigenvalue weighted by atomic mass is 9.84. The molecule has 0 spiro atoms. The summed E-state index contributed by atoms with van der Waals surface area (Å²) in [4.78, 5) is 12.1. The van der Waals surface area contributed by atoms with Crippen LogP contribution in [-0.4, -0.2) is 21.7 Å². The molecule has 2 fully saturated rings. The molecule has 2 saturated carbocycles. The number of fused-ring (bicyclic) bond motifs is 2. The highest BCUT2D eigenvalue weighted by molar-refractivity contribution is 5.93. The largest absolute Gasteiger partial charge is 0.349 e. The van der Waals surface area contributed by atoms with Crippen LogP contribution in [0.1, 0.15) is 43.0 Å². The molecule has 0 radical (unpaired) electrons. The van der Waals surface area contributed by atoms with E-state index in [0.29, 0.717) is 11.5 Å². The molecule has 4 nitrogen and oxygen atoms in total. The van der Waals surface area contributed by atoms with E-state index >= 15 is 0 Å². The van der Waals surface area contributed by atoms with E-state index in [1.807, 2.05) is 7.05 Å². The molecule has 4 atom stereocenters. The van der Waals surface area contributed by atoms with Gasteiger partial charge in [0.2, 0.25) is 0 Å². The van der Waals surface area contributed by atoms with Crippen molar-refractivity contribution in [3.8, 4) is 0 Å². The predicted molar refractivity (Wildman–Crippen MR) is 69.1 cm³/mol. The van der Waals surface area contributed by atoms with Crippen LogP contribution < -0.4 is 5.32 Å². The fourth-order valence-electron chi connectivity index (χ4n) is 3.84. The lowest BCUT2D eigenvalue weighted by Crippen LogP contribution is -2.40. The first kappa shape index (κ1) is 11.8. The highest BCUT2D eigenvalue weighted by Crippen LogP contribution is 2.49. The highest BCUT2D eigenvalue weighted by Gasteiger charge is 2.42. The minimum absolute atomic E-state index is 0.0124. The molecule has 3 rings (SSSR count). The first-order chi connectivity index (χ1) is 8.63. The van der Waals surface area contributed by atoms with E-state index in [9.17, 15) is 4.79 Å². The number of hydrogen-bond acceptors (Lipinski definition) is 2. The Morgan fingerprint density at radius 1 is 1.50 bits per heavy atom. The van der Waals surface area contributed by atoms with Crippen molar-refractivity contribution < 1.29 is 4.79 Å². The summed E-state index contributed by atoms with van der Waals surface area (Å²) in [6, 6.07) is 0.285. The highest BCUT2D eigenvalue weighted by atomic mass is 16.1. The molecule has 0 saturated heterocycles. The summed E-state index contributed by atoms with van der Waals surface area (Å²) in [6.45, 7) is 2.15. The fraction of sp³-hybridized carbons (Fsp3) is 0.714. The van der Waals surface area contributed by atoms with Crippen LogP contribution in [0.2, 0.25) is 0 Å². The summed E-state index contributed by atoms with van der Waals surface area (Å²) in [5, 5.41) is 7.18. The summed E-state index contributed by atoms with van der Waals surface area (Å²) in [5.41, 5.74) is 0.660. The van der Waals surface area contributed by atoms with Crippen molar-refractivity contribution in [3.05, 3.63) is 18.0 Å². The third-order valence-electron chi connectivity index (χ3n) is 4.76. The van der Waals surface area contributed by atoms with Gasteiger partial charge in [0.1, 0.15) is 0 Å². The van der Waals surface area contributed by atoms with Gasteiger partial charge in [0.25, 0.3) is 5.91 Å². The quantitative estimate of drug-likeness (QED) is 0.887. The first-order valence-corrected chi connectivity index (χ1v) is 6.93. The maximum Gasteiger partial charge on any atom is 0.254 e. The van der Waals surface area contributed by atoms with E-state index in [4.69, 9.17) is 0 Å². The van der Waals surface area contributed by atoms with Gasteiger partial charge in [-0.05, 0) is 43.9 Å². The molecule has 1 heterocycles. The third-order valence-corrected chi connectivity index (χ3v) is 4.76. The summed E-state index contributed by atoms with van der Waals surface area (Å²) in [5.74, 6) is 2.47. The molecule has 1 amide bonds. The summed E-state index contributed by atoms with van der Waals surface area (Å²) >= 11 is 0. The summed E-state index contributed by atoms with van der Waals surface area (Å²) in [6.07, 6.45) is 8.86. The van der Waals surface area contributed by atoms with Crippen molar-refractivity contribution in [2.45, 2.75) is 38.6 Å². The number of rotatable bonds is 3. The Morgan fingerprint density at radius 3 is 2.89 bits per heavy atom. The number of aromatic nitrogens is 2. The molecule has 0 unspecified atom stereocenters. The second kappa shape index (κ2) is 4.41. The van der Waals surface area contributed by atoms with Gasteiger partial charge in [-0.15, -0.1) is 0 Å². The monoisotopic (exact) mass is 247 g/mol. The average molecular weight is 247 g/mol. The number of carbonyl (C=O) groups excluding carboxylic acids is 1. The average Bonchev–Trinajstić information content (AvgIpc) is 3.03. The van der Waals surface area contributed by atoms with Gasteiger partial charge < -0.3 is 5.32 Å². The molecule has 0 aliphatic heterocycles. The Labute approximate surface area is 108 Å². The van der Waals surface area contributed by atoms with Crippen LogP contribution in [0.3, 0.4) is 0 Å². The lowest BCUT2D eigenvalue weighted by molar-refractivity contribution is 0.0915. The Hall–Kier alpha value is -1.32. The number of amides is 1. The number of hydrogen-bond donors (Lipinski definition) is 1. The molecule has 98 valence electrons. The summed E-state index contributed by atoms with van der Waals surface area (Å²) in [7, 11) is 1.83. The van der Waals surface area contributed by atoms with Crippen LogP contribution in [0.5, 0.6) is 0 Å². The van der Waals surface area contributed by atoms with Gasteiger partial charge in [0, 0.05) is 19.3 Å². The van der Waals surface area contributed by atoms with Gasteiger partial charge in [-0.25, -0.2) is 0 Å². The number of carbonyl (C=O) groups is 1. The number of nitrogens with one attached hydrogen (secondary N) is 1. The van der Waals surface area contributed by atoms with E-state index in [-0.39, 0.29) is 11.9 Å². The Morgan fingerprint density at radius 2 is 2.33 bits per heavy atom. The van der Waals surface area contributed by atoms with Crippen molar-refractivity contribution >= 4 is 5.91 Å². The molecule has 1 N–H and O–H groups in total. The van der Waals surface area contributed by atoms with Crippen LogP contribution in [0.15, 0.2) is 12.4 Å². The van der Waals surface area contributed by atoms with Crippen molar-refractivity contribution in [2.75, 3.05) is 0 Å². The molecule has 0 aromatic carbocycles. The van der Waals surface area contributed by atoms with Crippen LogP contribution in [0, 0.1) is 17.8 Å². The third kappa shape index (κ3) is 2.04. The van der Waals surface area contributed by atoms with Crippen molar-refractivity contribution in [3.63, 3.8) is 0 Å². The van der Waals surface area contributed by atoms with E-state index in [0.717, 1.165) is 11.8 Å². The minimum atomic E-state index is 0.0124. The Balaban J connectivity index is 1.61. The van der Waals surface area contributed by atoms with Crippen LogP contribution in [0.25, 0.3) is 0 Å². The SMILES string of the molecule is C[C@@H](NC(=O)c1cnn(C)c1)[C@H]1C[C@H]2CC[C@H]1C2. The van der Waals surface area contributed by atoms with Gasteiger partial charge in [-0.2, -0.15) is 5.10 Å². The number of aryl methyl sites for hydroxylation is 1. The van der Waals surface area contributed by atoms with Crippen LogP contribution >= 0.6 is 0 Å². The van der Waals surface area contributed by atoms with Crippen LogP contribution in [-0.2, 0) is 7.05 Å². The predicted octanol–water partition coefficient (Wildman–Crippen LogP) is 1.97. The van der Waals surface area contributed by atoms with Crippen LogP contribution in [0.4, 0.5) is 0 Å². The molecule has 4 heteroatoms. The van der Waals surface area contributed by atoms with Gasteiger partial charge in [0.05, 0.1) is 11.8 Å². The van der Waals surface area contributed by atoms with Crippen molar-refractivity contribution in [2.24, 2.45) is 24.8 Å². The topological polar surface area (TPSA) is 46.9 Å². The standard InChI is InChI=1S/C14H21N3O/c1-9(13-6-10-3-4-11(13)5-10)16-14(18)12-7-15-17(2)8-12/h7-11,13H,3-6H2,1-2H3,(H,16,18)/t9-,10+,11+,13-/m1/s1. The maximum absolute atomic E-state index is 12.1. The molecule has 1 aromatic rings. The maximum atomic E-state index is 12.1. The van der Waals surface area contributed by atoms with Gasteiger partial charge in [-0.1, -0.05) is 6.42 Å². The zero-order chi connectivity index (χ0) is 12.7. The fourth-order valence-corrected chi connectivity index (χ4v) is 3.84. The van der Waals surface area contributed by atoms with E-state index in [2.05, 4.69) is 17.3 Å². The van der Waals surface area contributed by atoms with E-state index in [1.54, 1.807) is 17.1 Å². The number of nitrogens with zero attached hydrogens (tertiary/aromatic N) is 2. The second-order valence-corrected chi connectivity index (χ2v) is 6.00. The van der Waals surface area contributed by atoms with E-state index < -0.39 is 0 Å². The van der Waals surface area contributed by atoms with Crippen molar-refractivity contribution in [1.82, 2.24) is 15.1 Å². The van der Waals surface area contributed by atoms with Crippen molar-refractivity contribution in [1.29, 1.82) is 0 Å². The molecule has 18 heavy (non-hydrogen) atoms. The molecular formula is C14H21N3O.